The average Bonchev–Trinajstić information content (AvgIpc) is 3.36. The molecule has 2 saturated heterocycles. The zero-order valence-corrected chi connectivity index (χ0v) is 15.7. The lowest BCUT2D eigenvalue weighted by atomic mass is 10.1. The zero-order valence-electron chi connectivity index (χ0n) is 14.1. The number of carbonyl (C=O) groups is 2. The largest absolute Gasteiger partial charge is 0.457 e. The number of benzene rings is 1. The van der Waals surface area contributed by atoms with E-state index in [-0.39, 0.29) is 18.4 Å². The van der Waals surface area contributed by atoms with Crippen molar-refractivity contribution in [1.82, 2.24) is 10.2 Å². The van der Waals surface area contributed by atoms with Crippen molar-refractivity contribution in [2.45, 2.75) is 12.6 Å². The van der Waals surface area contributed by atoms with E-state index in [1.54, 1.807) is 36.4 Å². The number of thioether (sulfide) groups is 1. The van der Waals surface area contributed by atoms with Crippen molar-refractivity contribution in [3.05, 3.63) is 52.6 Å². The van der Waals surface area contributed by atoms with E-state index in [0.717, 1.165) is 5.56 Å². The van der Waals surface area contributed by atoms with Gasteiger partial charge in [-0.1, -0.05) is 36.1 Å². The molecular weight excluding hydrogens is 387 g/mol. The van der Waals surface area contributed by atoms with Gasteiger partial charge in [0.2, 0.25) is 0 Å². The van der Waals surface area contributed by atoms with Crippen molar-refractivity contribution in [2.24, 2.45) is 0 Å². The van der Waals surface area contributed by atoms with Gasteiger partial charge in [0.25, 0.3) is 11.8 Å². The summed E-state index contributed by atoms with van der Waals surface area (Å²) in [5.41, 5.74) is 1.23. The molecule has 2 aliphatic rings. The molecule has 1 aromatic heterocycles. The Hall–Kier alpha value is -2.45. The molecule has 1 atom stereocenters. The molecule has 1 aromatic carbocycles. The molecular formula is C19H15FN2O3S2. The standard InChI is InChI=1S/C19H15FN2O3S2/c20-13-6-7-22(10-13)18(24)12-3-1-2-11(8-12)15-5-4-14(25-15)9-16-17(23)21-19(26)27-16/h1-5,8-9,13H,6-7,10H2,(H,21,23,26)/t13-/m0/s1. The molecule has 0 unspecified atom stereocenters. The second kappa shape index (κ2) is 7.28. The minimum Gasteiger partial charge on any atom is -0.457 e. The number of amides is 2. The number of hydrogen-bond acceptors (Lipinski definition) is 5. The third-order valence-electron chi connectivity index (χ3n) is 4.35. The van der Waals surface area contributed by atoms with Crippen LogP contribution >= 0.6 is 24.0 Å². The Balaban J connectivity index is 1.55. The van der Waals surface area contributed by atoms with E-state index in [2.05, 4.69) is 5.32 Å². The lowest BCUT2D eigenvalue weighted by Gasteiger charge is -2.15. The van der Waals surface area contributed by atoms with E-state index in [1.807, 2.05) is 6.07 Å². The van der Waals surface area contributed by atoms with Gasteiger partial charge in [0, 0.05) is 23.7 Å². The smallest absolute Gasteiger partial charge is 0.263 e. The van der Waals surface area contributed by atoms with Gasteiger partial charge in [-0.05, 0) is 30.7 Å². The summed E-state index contributed by atoms with van der Waals surface area (Å²) in [6.45, 7) is 0.577. The summed E-state index contributed by atoms with van der Waals surface area (Å²) >= 11 is 6.15. The van der Waals surface area contributed by atoms with Crippen LogP contribution in [0.5, 0.6) is 0 Å². The number of halogens is 1. The van der Waals surface area contributed by atoms with Gasteiger partial charge in [0.1, 0.15) is 22.0 Å². The second-order valence-electron chi connectivity index (χ2n) is 6.27. The van der Waals surface area contributed by atoms with Gasteiger partial charge in [0.05, 0.1) is 11.4 Å². The first-order chi connectivity index (χ1) is 13.0. The minimum atomic E-state index is -0.948. The molecule has 2 amide bonds. The molecule has 8 heteroatoms. The van der Waals surface area contributed by atoms with Crippen LogP contribution in [0.1, 0.15) is 22.5 Å². The summed E-state index contributed by atoms with van der Waals surface area (Å²) in [6, 6.07) is 10.6. The van der Waals surface area contributed by atoms with Crippen molar-refractivity contribution in [3.8, 4) is 11.3 Å². The number of nitrogens with zero attached hydrogens (tertiary/aromatic N) is 1. The van der Waals surface area contributed by atoms with Crippen LogP contribution in [0.2, 0.25) is 0 Å². The Kier molecular flexibility index (Phi) is 4.84. The monoisotopic (exact) mass is 402 g/mol. The SMILES string of the molecule is O=C1NC(=S)SC1=Cc1ccc(-c2cccc(C(=O)N3CC[C@H](F)C3)c2)o1. The summed E-state index contributed by atoms with van der Waals surface area (Å²) in [4.78, 5) is 26.3. The van der Waals surface area contributed by atoms with Crippen LogP contribution in [-0.2, 0) is 4.79 Å². The first kappa shape index (κ1) is 17.9. The molecule has 0 aliphatic carbocycles. The van der Waals surface area contributed by atoms with Gasteiger partial charge in [0.15, 0.2) is 0 Å². The molecule has 5 nitrogen and oxygen atoms in total. The van der Waals surface area contributed by atoms with Gasteiger partial charge < -0.3 is 14.6 Å². The predicted octanol–water partition coefficient (Wildman–Crippen LogP) is 3.62. The van der Waals surface area contributed by atoms with Crippen LogP contribution in [0.25, 0.3) is 17.4 Å². The molecule has 0 bridgehead atoms. The van der Waals surface area contributed by atoms with Crippen molar-refractivity contribution in [2.75, 3.05) is 13.1 Å². The summed E-state index contributed by atoms with van der Waals surface area (Å²) in [7, 11) is 0. The minimum absolute atomic E-state index is 0.142. The highest BCUT2D eigenvalue weighted by atomic mass is 32.2. The van der Waals surface area contributed by atoms with Gasteiger partial charge in [-0.3, -0.25) is 9.59 Å². The van der Waals surface area contributed by atoms with E-state index in [0.29, 0.717) is 39.3 Å². The number of carbonyl (C=O) groups excluding carboxylic acids is 2. The fourth-order valence-corrected chi connectivity index (χ4v) is 4.05. The van der Waals surface area contributed by atoms with Gasteiger partial charge in [-0.2, -0.15) is 0 Å². The zero-order chi connectivity index (χ0) is 19.0. The van der Waals surface area contributed by atoms with Crippen LogP contribution in [0.4, 0.5) is 4.39 Å². The summed E-state index contributed by atoms with van der Waals surface area (Å²) in [5.74, 6) is 0.668. The Bertz CT molecular complexity index is 969. The molecule has 2 fully saturated rings. The van der Waals surface area contributed by atoms with Crippen LogP contribution < -0.4 is 5.32 Å². The number of nitrogens with one attached hydrogen (secondary N) is 1. The normalized spacial score (nSPS) is 21.1. The fraction of sp³-hybridized carbons (Fsp3) is 0.211. The van der Waals surface area contributed by atoms with Gasteiger partial charge >= 0.3 is 0 Å². The third-order valence-corrected chi connectivity index (χ3v) is 5.52. The molecule has 0 spiro atoms. The first-order valence-electron chi connectivity index (χ1n) is 8.38. The maximum Gasteiger partial charge on any atom is 0.263 e. The van der Waals surface area contributed by atoms with Crippen LogP contribution in [0.3, 0.4) is 0 Å². The molecule has 0 radical (unpaired) electrons. The maximum absolute atomic E-state index is 13.4. The lowest BCUT2D eigenvalue weighted by Crippen LogP contribution is -2.28. The summed E-state index contributed by atoms with van der Waals surface area (Å²) in [5, 5.41) is 2.55. The highest BCUT2D eigenvalue weighted by molar-refractivity contribution is 8.26. The van der Waals surface area contributed by atoms with Gasteiger partial charge in [-0.15, -0.1) is 0 Å². The Morgan fingerprint density at radius 3 is 2.93 bits per heavy atom. The topological polar surface area (TPSA) is 62.6 Å². The summed E-state index contributed by atoms with van der Waals surface area (Å²) < 4.78 is 19.6. The molecule has 2 aromatic rings. The molecule has 0 saturated carbocycles. The van der Waals surface area contributed by atoms with E-state index >= 15 is 0 Å². The van der Waals surface area contributed by atoms with Crippen LogP contribution in [0.15, 0.2) is 45.7 Å². The van der Waals surface area contributed by atoms with E-state index in [9.17, 15) is 14.0 Å². The number of hydrogen-bond donors (Lipinski definition) is 1. The Labute approximate surface area is 164 Å². The molecule has 3 heterocycles. The number of rotatable bonds is 3. The first-order valence-corrected chi connectivity index (χ1v) is 9.60. The Morgan fingerprint density at radius 1 is 1.37 bits per heavy atom. The Morgan fingerprint density at radius 2 is 2.22 bits per heavy atom. The maximum atomic E-state index is 13.4. The van der Waals surface area contributed by atoms with E-state index < -0.39 is 6.17 Å². The lowest BCUT2D eigenvalue weighted by molar-refractivity contribution is -0.115. The highest BCUT2D eigenvalue weighted by Crippen LogP contribution is 2.29. The second-order valence-corrected chi connectivity index (χ2v) is 7.99. The number of thiocarbonyl (C=S) groups is 1. The van der Waals surface area contributed by atoms with Crippen molar-refractivity contribution in [1.29, 1.82) is 0 Å². The number of likely N-dealkylation sites (tertiary alicyclic amines) is 1. The fourth-order valence-electron chi connectivity index (χ4n) is 3.03. The highest BCUT2D eigenvalue weighted by Gasteiger charge is 2.27. The molecule has 4 rings (SSSR count). The average molecular weight is 402 g/mol. The van der Waals surface area contributed by atoms with Crippen LogP contribution in [0, 0.1) is 0 Å². The molecule has 27 heavy (non-hydrogen) atoms. The van der Waals surface area contributed by atoms with E-state index in [1.165, 1.54) is 16.7 Å². The quantitative estimate of drug-likeness (QED) is 0.628. The van der Waals surface area contributed by atoms with Crippen molar-refractivity contribution < 1.29 is 18.4 Å². The molecule has 1 N–H and O–H groups in total. The van der Waals surface area contributed by atoms with Crippen molar-refractivity contribution in [3.63, 3.8) is 0 Å². The third kappa shape index (κ3) is 3.81. The van der Waals surface area contributed by atoms with Crippen LogP contribution in [-0.4, -0.2) is 40.3 Å². The molecule has 2 aliphatic heterocycles. The van der Waals surface area contributed by atoms with Gasteiger partial charge in [-0.25, -0.2) is 4.39 Å². The molecule has 138 valence electrons. The number of alkyl halides is 1. The number of furan rings is 1. The van der Waals surface area contributed by atoms with E-state index in [4.69, 9.17) is 16.6 Å². The summed E-state index contributed by atoms with van der Waals surface area (Å²) in [6.07, 6.45) is 1.07. The predicted molar refractivity (Wildman–Crippen MR) is 106 cm³/mol. The van der Waals surface area contributed by atoms with Crippen molar-refractivity contribution >= 4 is 46.2 Å².